The molecule has 1 amide bonds. The number of aliphatic hydroxyl groups is 1. The van der Waals surface area contributed by atoms with Crippen LogP contribution in [0.5, 0.6) is 5.75 Å². The molecule has 21 heavy (non-hydrogen) atoms. The molecule has 2 N–H and O–H groups in total. The maximum Gasteiger partial charge on any atom is 0.258 e. The highest BCUT2D eigenvalue weighted by Crippen LogP contribution is 2.29. The molecular formula is C15H19Cl2NO3. The van der Waals surface area contributed by atoms with Crippen molar-refractivity contribution in [2.45, 2.75) is 37.6 Å². The Bertz CT molecular complexity index is 502. The Kier molecular flexibility index (Phi) is 5.73. The predicted molar refractivity (Wildman–Crippen MR) is 83.0 cm³/mol. The standard InChI is InChI=1S/C15H19Cl2NO3/c16-11-4-5-12(17)13(8-11)21-9-14(20)18-15(10-19)6-2-1-3-7-15/h4-5,8,19H,1-3,6-7,9-10H2,(H,18,20). The van der Waals surface area contributed by atoms with E-state index in [0.717, 1.165) is 32.1 Å². The van der Waals surface area contributed by atoms with Crippen LogP contribution in [-0.2, 0) is 4.79 Å². The van der Waals surface area contributed by atoms with E-state index in [0.29, 0.717) is 15.8 Å². The molecule has 6 heteroatoms. The zero-order valence-electron chi connectivity index (χ0n) is 11.7. The molecule has 1 aliphatic carbocycles. The molecule has 4 nitrogen and oxygen atoms in total. The number of hydrogen-bond acceptors (Lipinski definition) is 3. The minimum atomic E-state index is -0.503. The van der Waals surface area contributed by atoms with Gasteiger partial charge in [-0.15, -0.1) is 0 Å². The summed E-state index contributed by atoms with van der Waals surface area (Å²) < 4.78 is 5.40. The first-order valence-corrected chi connectivity index (χ1v) is 7.80. The summed E-state index contributed by atoms with van der Waals surface area (Å²) in [7, 11) is 0. The van der Waals surface area contributed by atoms with Crippen LogP contribution in [0.2, 0.25) is 10.0 Å². The van der Waals surface area contributed by atoms with Crippen LogP contribution in [-0.4, -0.2) is 29.8 Å². The highest BCUT2D eigenvalue weighted by molar-refractivity contribution is 6.34. The van der Waals surface area contributed by atoms with E-state index in [1.54, 1.807) is 18.2 Å². The Morgan fingerprint density at radius 3 is 2.67 bits per heavy atom. The van der Waals surface area contributed by atoms with E-state index >= 15 is 0 Å². The van der Waals surface area contributed by atoms with Crippen molar-refractivity contribution in [3.05, 3.63) is 28.2 Å². The summed E-state index contributed by atoms with van der Waals surface area (Å²) in [4.78, 5) is 12.0. The molecule has 0 spiro atoms. The first-order chi connectivity index (χ1) is 10.0. The third kappa shape index (κ3) is 4.50. The number of carbonyl (C=O) groups is 1. The number of halogens is 2. The summed E-state index contributed by atoms with van der Waals surface area (Å²) in [5.41, 5.74) is -0.503. The zero-order valence-corrected chi connectivity index (χ0v) is 13.2. The molecule has 0 heterocycles. The molecule has 1 saturated carbocycles. The lowest BCUT2D eigenvalue weighted by molar-refractivity contribution is -0.126. The lowest BCUT2D eigenvalue weighted by Gasteiger charge is -2.36. The molecule has 1 fully saturated rings. The van der Waals surface area contributed by atoms with E-state index in [-0.39, 0.29) is 19.1 Å². The van der Waals surface area contributed by atoms with Crippen LogP contribution in [0.25, 0.3) is 0 Å². The van der Waals surface area contributed by atoms with Crippen molar-refractivity contribution in [1.82, 2.24) is 5.32 Å². The highest BCUT2D eigenvalue weighted by atomic mass is 35.5. The summed E-state index contributed by atoms with van der Waals surface area (Å²) in [6.07, 6.45) is 4.77. The van der Waals surface area contributed by atoms with Gasteiger partial charge in [0.2, 0.25) is 0 Å². The Balaban J connectivity index is 1.91. The van der Waals surface area contributed by atoms with Crippen molar-refractivity contribution in [2.75, 3.05) is 13.2 Å². The SMILES string of the molecule is O=C(COc1cc(Cl)ccc1Cl)NC1(CO)CCCCC1. The van der Waals surface area contributed by atoms with Gasteiger partial charge in [-0.05, 0) is 25.0 Å². The van der Waals surface area contributed by atoms with Gasteiger partial charge in [0.1, 0.15) is 5.75 Å². The molecule has 0 aromatic heterocycles. The van der Waals surface area contributed by atoms with E-state index < -0.39 is 5.54 Å². The summed E-state index contributed by atoms with van der Waals surface area (Å²) in [6, 6.07) is 4.84. The van der Waals surface area contributed by atoms with Crippen molar-refractivity contribution in [2.24, 2.45) is 0 Å². The van der Waals surface area contributed by atoms with Gasteiger partial charge >= 0.3 is 0 Å². The van der Waals surface area contributed by atoms with Crippen molar-refractivity contribution in [3.8, 4) is 5.75 Å². The molecule has 0 saturated heterocycles. The Morgan fingerprint density at radius 1 is 1.29 bits per heavy atom. The molecule has 0 aliphatic heterocycles. The number of aliphatic hydroxyl groups excluding tert-OH is 1. The number of amides is 1. The van der Waals surface area contributed by atoms with Gasteiger partial charge < -0.3 is 15.2 Å². The van der Waals surface area contributed by atoms with Gasteiger partial charge in [0, 0.05) is 11.1 Å². The number of carbonyl (C=O) groups excluding carboxylic acids is 1. The van der Waals surface area contributed by atoms with Crippen molar-refractivity contribution < 1.29 is 14.6 Å². The van der Waals surface area contributed by atoms with Crippen molar-refractivity contribution >= 4 is 29.1 Å². The summed E-state index contributed by atoms with van der Waals surface area (Å²) in [5, 5.41) is 13.4. The van der Waals surface area contributed by atoms with Crippen LogP contribution in [0.1, 0.15) is 32.1 Å². The fourth-order valence-electron chi connectivity index (χ4n) is 2.61. The van der Waals surface area contributed by atoms with E-state index in [4.69, 9.17) is 27.9 Å². The number of hydrogen-bond donors (Lipinski definition) is 2. The summed E-state index contributed by atoms with van der Waals surface area (Å²) in [6.45, 7) is -0.196. The lowest BCUT2D eigenvalue weighted by Crippen LogP contribution is -2.53. The maximum absolute atomic E-state index is 12.0. The smallest absolute Gasteiger partial charge is 0.258 e. The Labute approximate surface area is 134 Å². The molecule has 0 unspecified atom stereocenters. The molecular weight excluding hydrogens is 313 g/mol. The molecule has 1 aliphatic rings. The van der Waals surface area contributed by atoms with Gasteiger partial charge in [0.25, 0.3) is 5.91 Å². The molecule has 2 rings (SSSR count). The number of benzene rings is 1. The van der Waals surface area contributed by atoms with Crippen LogP contribution in [0, 0.1) is 0 Å². The molecule has 0 bridgehead atoms. The molecule has 0 atom stereocenters. The van der Waals surface area contributed by atoms with Gasteiger partial charge in [-0.3, -0.25) is 4.79 Å². The lowest BCUT2D eigenvalue weighted by atomic mass is 9.82. The second-order valence-corrected chi connectivity index (χ2v) is 6.25. The Hall–Kier alpha value is -0.970. The van der Waals surface area contributed by atoms with Crippen molar-refractivity contribution in [1.29, 1.82) is 0 Å². The average molecular weight is 332 g/mol. The van der Waals surface area contributed by atoms with E-state index in [2.05, 4.69) is 5.32 Å². The molecule has 1 aromatic rings. The highest BCUT2D eigenvalue weighted by Gasteiger charge is 2.32. The van der Waals surface area contributed by atoms with E-state index in [9.17, 15) is 9.90 Å². The molecule has 0 radical (unpaired) electrons. The normalized spacial score (nSPS) is 17.3. The van der Waals surface area contributed by atoms with Gasteiger partial charge in [0.15, 0.2) is 6.61 Å². The van der Waals surface area contributed by atoms with E-state index in [1.807, 2.05) is 0 Å². The minimum Gasteiger partial charge on any atom is -0.482 e. The predicted octanol–water partition coefficient (Wildman–Crippen LogP) is 3.18. The summed E-state index contributed by atoms with van der Waals surface area (Å²) in [5.74, 6) is 0.114. The monoisotopic (exact) mass is 331 g/mol. The van der Waals surface area contributed by atoms with Crippen molar-refractivity contribution in [3.63, 3.8) is 0 Å². The minimum absolute atomic E-state index is 0.0450. The molecule has 1 aromatic carbocycles. The quantitative estimate of drug-likeness (QED) is 0.871. The number of rotatable bonds is 5. The van der Waals surface area contributed by atoms with Gasteiger partial charge in [-0.2, -0.15) is 0 Å². The third-order valence-corrected chi connectivity index (χ3v) is 4.32. The molecule has 116 valence electrons. The average Bonchev–Trinajstić information content (AvgIpc) is 2.49. The van der Waals surface area contributed by atoms with Crippen LogP contribution >= 0.6 is 23.2 Å². The van der Waals surface area contributed by atoms with Crippen LogP contribution < -0.4 is 10.1 Å². The maximum atomic E-state index is 12.0. The number of nitrogens with one attached hydrogen (secondary N) is 1. The first-order valence-electron chi connectivity index (χ1n) is 7.04. The fraction of sp³-hybridized carbons (Fsp3) is 0.533. The largest absolute Gasteiger partial charge is 0.482 e. The van der Waals surface area contributed by atoms with Gasteiger partial charge in [-0.25, -0.2) is 0 Å². The van der Waals surface area contributed by atoms with E-state index in [1.165, 1.54) is 0 Å². The van der Waals surface area contributed by atoms with Gasteiger partial charge in [-0.1, -0.05) is 42.5 Å². The topological polar surface area (TPSA) is 58.6 Å². The number of ether oxygens (including phenoxy) is 1. The Morgan fingerprint density at radius 2 is 2.00 bits per heavy atom. The van der Waals surface area contributed by atoms with Crippen LogP contribution in [0.15, 0.2) is 18.2 Å². The second-order valence-electron chi connectivity index (χ2n) is 5.41. The van der Waals surface area contributed by atoms with Gasteiger partial charge in [0.05, 0.1) is 17.2 Å². The van der Waals surface area contributed by atoms with Crippen LogP contribution in [0.3, 0.4) is 0 Å². The first kappa shape index (κ1) is 16.4. The second kappa shape index (κ2) is 7.34. The summed E-state index contributed by atoms with van der Waals surface area (Å²) >= 11 is 11.8. The fourth-order valence-corrected chi connectivity index (χ4v) is 2.95. The van der Waals surface area contributed by atoms with Crippen LogP contribution in [0.4, 0.5) is 0 Å². The zero-order chi connectivity index (χ0) is 15.3. The third-order valence-electron chi connectivity index (χ3n) is 3.77.